The van der Waals surface area contributed by atoms with Crippen LogP contribution >= 0.6 is 27.5 Å². The fourth-order valence-corrected chi connectivity index (χ4v) is 2.12. The van der Waals surface area contributed by atoms with Crippen LogP contribution in [0, 0.1) is 5.82 Å². The summed E-state index contributed by atoms with van der Waals surface area (Å²) in [5, 5.41) is 12.1. The van der Waals surface area contributed by atoms with E-state index in [9.17, 15) is 14.3 Å². The number of nitrogens with one attached hydrogen (secondary N) is 1. The van der Waals surface area contributed by atoms with Crippen molar-refractivity contribution in [3.8, 4) is 5.75 Å². The summed E-state index contributed by atoms with van der Waals surface area (Å²) < 4.78 is 13.3. The van der Waals surface area contributed by atoms with E-state index in [1.54, 1.807) is 0 Å². The molecule has 2 N–H and O–H groups in total. The molecular formula is C13H8BrClFNO2. The molecule has 0 fully saturated rings. The number of carbonyl (C=O) groups is 1. The Labute approximate surface area is 122 Å². The van der Waals surface area contributed by atoms with Crippen molar-refractivity contribution < 1.29 is 14.3 Å². The first-order chi connectivity index (χ1) is 8.97. The zero-order valence-electron chi connectivity index (χ0n) is 9.45. The Morgan fingerprint density at radius 3 is 2.68 bits per heavy atom. The zero-order valence-corrected chi connectivity index (χ0v) is 11.8. The topological polar surface area (TPSA) is 49.3 Å². The normalized spacial score (nSPS) is 10.3. The molecule has 2 aromatic rings. The van der Waals surface area contributed by atoms with Gasteiger partial charge in [0, 0.05) is 4.47 Å². The van der Waals surface area contributed by atoms with E-state index in [4.69, 9.17) is 11.6 Å². The summed E-state index contributed by atoms with van der Waals surface area (Å²) in [5.74, 6) is -0.971. The molecule has 1 amide bonds. The Morgan fingerprint density at radius 2 is 2.00 bits per heavy atom. The summed E-state index contributed by atoms with van der Waals surface area (Å²) in [6, 6.07) is 7.95. The minimum Gasteiger partial charge on any atom is -0.508 e. The summed E-state index contributed by atoms with van der Waals surface area (Å²) >= 11 is 9.02. The lowest BCUT2D eigenvalue weighted by Gasteiger charge is -2.09. The van der Waals surface area contributed by atoms with Crippen molar-refractivity contribution in [1.29, 1.82) is 0 Å². The zero-order chi connectivity index (χ0) is 14.0. The molecule has 0 saturated heterocycles. The maximum Gasteiger partial charge on any atom is 0.257 e. The molecule has 0 heterocycles. The van der Waals surface area contributed by atoms with E-state index < -0.39 is 11.7 Å². The number of hydrogen-bond donors (Lipinski definition) is 2. The molecule has 0 unspecified atom stereocenters. The van der Waals surface area contributed by atoms with Crippen LogP contribution in [0.2, 0.25) is 5.02 Å². The SMILES string of the molecule is O=C(Nc1ccc(F)cc1Br)c1cc(O)ccc1Cl. The minimum atomic E-state index is -0.492. The van der Waals surface area contributed by atoms with E-state index in [2.05, 4.69) is 21.2 Å². The van der Waals surface area contributed by atoms with E-state index >= 15 is 0 Å². The second kappa shape index (κ2) is 5.59. The highest BCUT2D eigenvalue weighted by atomic mass is 79.9. The van der Waals surface area contributed by atoms with Gasteiger partial charge < -0.3 is 10.4 Å². The van der Waals surface area contributed by atoms with Gasteiger partial charge in [0.2, 0.25) is 0 Å². The van der Waals surface area contributed by atoms with Crippen LogP contribution in [-0.2, 0) is 0 Å². The second-order valence-electron chi connectivity index (χ2n) is 3.74. The van der Waals surface area contributed by atoms with Crippen molar-refractivity contribution in [2.24, 2.45) is 0 Å². The lowest BCUT2D eigenvalue weighted by molar-refractivity contribution is 0.102. The van der Waals surface area contributed by atoms with E-state index in [-0.39, 0.29) is 16.3 Å². The number of halogens is 3. The van der Waals surface area contributed by atoms with Crippen molar-refractivity contribution in [2.75, 3.05) is 5.32 Å². The maximum atomic E-state index is 12.9. The van der Waals surface area contributed by atoms with Crippen molar-refractivity contribution in [3.63, 3.8) is 0 Å². The molecule has 19 heavy (non-hydrogen) atoms. The molecule has 2 aromatic carbocycles. The van der Waals surface area contributed by atoms with Crippen molar-refractivity contribution in [2.45, 2.75) is 0 Å². The van der Waals surface area contributed by atoms with Gasteiger partial charge in [0.05, 0.1) is 16.3 Å². The smallest absolute Gasteiger partial charge is 0.257 e. The largest absolute Gasteiger partial charge is 0.508 e. The highest BCUT2D eigenvalue weighted by Gasteiger charge is 2.13. The molecule has 0 aliphatic carbocycles. The van der Waals surface area contributed by atoms with Crippen LogP contribution in [0.25, 0.3) is 0 Å². The van der Waals surface area contributed by atoms with E-state index in [1.807, 2.05) is 0 Å². The van der Waals surface area contributed by atoms with Crippen LogP contribution < -0.4 is 5.32 Å². The van der Waals surface area contributed by atoms with Crippen molar-refractivity contribution in [3.05, 3.63) is 57.3 Å². The number of hydrogen-bond acceptors (Lipinski definition) is 2. The minimum absolute atomic E-state index is 0.0623. The average molecular weight is 345 g/mol. The van der Waals surface area contributed by atoms with Gasteiger partial charge in [-0.05, 0) is 52.3 Å². The van der Waals surface area contributed by atoms with E-state index in [1.165, 1.54) is 36.4 Å². The van der Waals surface area contributed by atoms with Gasteiger partial charge in [-0.25, -0.2) is 4.39 Å². The fourth-order valence-electron chi connectivity index (χ4n) is 1.47. The lowest BCUT2D eigenvalue weighted by Crippen LogP contribution is -2.12. The standard InChI is InChI=1S/C13H8BrClFNO2/c14-10-5-7(16)1-4-12(10)17-13(19)9-6-8(18)2-3-11(9)15/h1-6,18H,(H,17,19). The predicted octanol–water partition coefficient (Wildman–Crippen LogP) is 4.20. The average Bonchev–Trinajstić information content (AvgIpc) is 2.35. The van der Waals surface area contributed by atoms with Gasteiger partial charge in [-0.3, -0.25) is 4.79 Å². The van der Waals surface area contributed by atoms with Gasteiger partial charge in [-0.1, -0.05) is 11.6 Å². The van der Waals surface area contributed by atoms with Gasteiger partial charge in [-0.2, -0.15) is 0 Å². The number of phenols is 1. The third kappa shape index (κ3) is 3.24. The second-order valence-corrected chi connectivity index (χ2v) is 5.00. The summed E-state index contributed by atoms with van der Waals surface area (Å²) in [5.41, 5.74) is 0.545. The Kier molecular flexibility index (Phi) is 4.07. The quantitative estimate of drug-likeness (QED) is 0.858. The highest BCUT2D eigenvalue weighted by molar-refractivity contribution is 9.10. The van der Waals surface area contributed by atoms with Crippen LogP contribution in [0.5, 0.6) is 5.75 Å². The van der Waals surface area contributed by atoms with Crippen molar-refractivity contribution >= 4 is 39.1 Å². The molecule has 98 valence electrons. The summed E-state index contributed by atoms with van der Waals surface area (Å²) in [7, 11) is 0. The van der Waals surface area contributed by atoms with E-state index in [0.29, 0.717) is 10.2 Å². The molecule has 0 bridgehead atoms. The fraction of sp³-hybridized carbons (Fsp3) is 0. The van der Waals surface area contributed by atoms with Crippen LogP contribution in [0.4, 0.5) is 10.1 Å². The van der Waals surface area contributed by atoms with Crippen molar-refractivity contribution in [1.82, 2.24) is 0 Å². The molecule has 0 saturated carbocycles. The Balaban J connectivity index is 2.28. The first-order valence-corrected chi connectivity index (χ1v) is 6.39. The lowest BCUT2D eigenvalue weighted by atomic mass is 10.2. The van der Waals surface area contributed by atoms with Gasteiger partial charge in [0.1, 0.15) is 11.6 Å². The van der Waals surface area contributed by atoms with E-state index in [0.717, 1.165) is 0 Å². The highest BCUT2D eigenvalue weighted by Crippen LogP contribution is 2.26. The van der Waals surface area contributed by atoms with Gasteiger partial charge >= 0.3 is 0 Å². The number of benzene rings is 2. The molecule has 0 radical (unpaired) electrons. The molecule has 2 rings (SSSR count). The molecule has 0 aliphatic rings. The first-order valence-electron chi connectivity index (χ1n) is 5.22. The third-order valence-corrected chi connectivity index (χ3v) is 3.36. The van der Waals surface area contributed by atoms with Crippen LogP contribution in [0.1, 0.15) is 10.4 Å². The molecule has 6 heteroatoms. The predicted molar refractivity (Wildman–Crippen MR) is 75.2 cm³/mol. The van der Waals surface area contributed by atoms with Crippen LogP contribution in [0.15, 0.2) is 40.9 Å². The molecular weight excluding hydrogens is 337 g/mol. The summed E-state index contributed by atoms with van der Waals surface area (Å²) in [6.07, 6.45) is 0. The summed E-state index contributed by atoms with van der Waals surface area (Å²) in [6.45, 7) is 0. The summed E-state index contributed by atoms with van der Waals surface area (Å²) in [4.78, 5) is 12.0. The van der Waals surface area contributed by atoms with Gasteiger partial charge in [-0.15, -0.1) is 0 Å². The number of phenolic OH excluding ortho intramolecular Hbond substituents is 1. The number of anilines is 1. The monoisotopic (exact) mass is 343 g/mol. The van der Waals surface area contributed by atoms with Gasteiger partial charge in [0.15, 0.2) is 0 Å². The molecule has 0 atom stereocenters. The van der Waals surface area contributed by atoms with Crippen LogP contribution in [-0.4, -0.2) is 11.0 Å². The third-order valence-electron chi connectivity index (χ3n) is 2.37. The van der Waals surface area contributed by atoms with Gasteiger partial charge in [0.25, 0.3) is 5.91 Å². The number of carbonyl (C=O) groups excluding carboxylic acids is 1. The number of amides is 1. The number of rotatable bonds is 2. The number of aromatic hydroxyl groups is 1. The Morgan fingerprint density at radius 1 is 1.26 bits per heavy atom. The molecule has 3 nitrogen and oxygen atoms in total. The molecule has 0 spiro atoms. The van der Waals surface area contributed by atoms with Crippen LogP contribution in [0.3, 0.4) is 0 Å². The Bertz CT molecular complexity index is 649. The molecule has 0 aromatic heterocycles. The first kappa shape index (κ1) is 13.8. The maximum absolute atomic E-state index is 12.9. The Hall–Kier alpha value is -1.59. The molecule has 0 aliphatic heterocycles.